The lowest BCUT2D eigenvalue weighted by Gasteiger charge is -2.15. The predicted octanol–water partition coefficient (Wildman–Crippen LogP) is 4.38. The van der Waals surface area contributed by atoms with Crippen LogP contribution in [0.4, 0.5) is 0 Å². The maximum Gasteiger partial charge on any atom is 0.243 e. The van der Waals surface area contributed by atoms with Crippen LogP contribution in [0.3, 0.4) is 0 Å². The zero-order chi connectivity index (χ0) is 15.4. The van der Waals surface area contributed by atoms with Gasteiger partial charge in [0.05, 0.1) is 10.2 Å². The Morgan fingerprint density at radius 3 is 2.43 bits per heavy atom. The molecule has 0 saturated carbocycles. The number of nitrogens with two attached hydrogens (primary N) is 1. The summed E-state index contributed by atoms with van der Waals surface area (Å²) in [6, 6.07) is 5.71. The van der Waals surface area contributed by atoms with Crippen molar-refractivity contribution < 1.29 is 4.74 Å². The van der Waals surface area contributed by atoms with Crippen LogP contribution in [-0.2, 0) is 19.4 Å². The second-order valence-electron chi connectivity index (χ2n) is 4.50. The highest BCUT2D eigenvalue weighted by Gasteiger charge is 2.16. The Labute approximate surface area is 141 Å². The van der Waals surface area contributed by atoms with Gasteiger partial charge in [-0.15, -0.1) is 5.10 Å². The van der Waals surface area contributed by atoms with E-state index in [4.69, 9.17) is 10.5 Å². The van der Waals surface area contributed by atoms with E-state index in [-0.39, 0.29) is 0 Å². The zero-order valence-electron chi connectivity index (χ0n) is 12.0. The molecule has 0 aliphatic rings. The van der Waals surface area contributed by atoms with E-state index in [9.17, 15) is 0 Å². The fraction of sp³-hybridized carbons (Fsp3) is 0.333. The van der Waals surface area contributed by atoms with Crippen LogP contribution in [0.25, 0.3) is 0 Å². The van der Waals surface area contributed by atoms with E-state index in [1.165, 1.54) is 0 Å². The summed E-state index contributed by atoms with van der Waals surface area (Å²) in [4.78, 5) is 0. The molecule has 0 fully saturated rings. The summed E-state index contributed by atoms with van der Waals surface area (Å²) >= 11 is 6.90. The Morgan fingerprint density at radius 1 is 1.10 bits per heavy atom. The van der Waals surface area contributed by atoms with Crippen LogP contribution in [-0.4, -0.2) is 10.2 Å². The minimum atomic E-state index is 0.384. The van der Waals surface area contributed by atoms with E-state index in [0.29, 0.717) is 18.2 Å². The molecular weight excluding hydrogens is 398 g/mol. The first-order chi connectivity index (χ1) is 10.1. The van der Waals surface area contributed by atoms with Crippen LogP contribution < -0.4 is 10.5 Å². The molecule has 0 saturated heterocycles. The normalized spacial score (nSPS) is 10.7. The van der Waals surface area contributed by atoms with Crippen molar-refractivity contribution >= 4 is 31.9 Å². The molecule has 0 aliphatic heterocycles. The molecule has 1 aromatic heterocycles. The molecule has 0 atom stereocenters. The first kappa shape index (κ1) is 16.4. The van der Waals surface area contributed by atoms with Crippen LogP contribution in [0.5, 0.6) is 11.6 Å². The monoisotopic (exact) mass is 413 g/mol. The van der Waals surface area contributed by atoms with Crippen molar-refractivity contribution in [2.75, 3.05) is 0 Å². The quantitative estimate of drug-likeness (QED) is 0.788. The number of rotatable bonds is 5. The summed E-state index contributed by atoms with van der Waals surface area (Å²) in [6.07, 6.45) is 1.70. The topological polar surface area (TPSA) is 61.0 Å². The number of aryl methyl sites for hydroxylation is 1. The Morgan fingerprint density at radius 2 is 1.86 bits per heavy atom. The molecule has 0 unspecified atom stereocenters. The van der Waals surface area contributed by atoms with Gasteiger partial charge >= 0.3 is 0 Å². The predicted molar refractivity (Wildman–Crippen MR) is 90.6 cm³/mol. The molecule has 4 nitrogen and oxygen atoms in total. The van der Waals surface area contributed by atoms with Gasteiger partial charge in [-0.1, -0.05) is 29.8 Å². The standard InChI is InChI=1S/C15H17Br2N3O/c1-3-10-11(8-18)15(20-19-13(10)4-2)21-14-6-5-9(16)7-12(14)17/h5-7H,3-4,8,18H2,1-2H3. The van der Waals surface area contributed by atoms with Crippen LogP contribution in [0.15, 0.2) is 27.1 Å². The van der Waals surface area contributed by atoms with E-state index in [1.54, 1.807) is 0 Å². The van der Waals surface area contributed by atoms with Crippen molar-refractivity contribution in [1.82, 2.24) is 10.2 Å². The maximum atomic E-state index is 5.91. The van der Waals surface area contributed by atoms with Crippen LogP contribution in [0.2, 0.25) is 0 Å². The number of nitrogens with zero attached hydrogens (tertiary/aromatic N) is 2. The highest BCUT2D eigenvalue weighted by Crippen LogP contribution is 2.33. The Balaban J connectivity index is 2.44. The third kappa shape index (κ3) is 3.62. The molecule has 1 heterocycles. The fourth-order valence-corrected chi connectivity index (χ4v) is 3.31. The van der Waals surface area contributed by atoms with E-state index in [1.807, 2.05) is 18.2 Å². The number of hydrogen-bond acceptors (Lipinski definition) is 4. The lowest BCUT2D eigenvalue weighted by Crippen LogP contribution is -2.10. The third-order valence-corrected chi connectivity index (χ3v) is 4.34. The van der Waals surface area contributed by atoms with Crippen molar-refractivity contribution in [3.8, 4) is 11.6 Å². The van der Waals surface area contributed by atoms with Crippen molar-refractivity contribution in [3.05, 3.63) is 44.0 Å². The molecule has 21 heavy (non-hydrogen) atoms. The third-order valence-electron chi connectivity index (χ3n) is 3.23. The Bertz CT molecular complexity index is 647. The molecule has 2 aromatic rings. The van der Waals surface area contributed by atoms with Crippen molar-refractivity contribution in [2.24, 2.45) is 5.73 Å². The zero-order valence-corrected chi connectivity index (χ0v) is 15.2. The van der Waals surface area contributed by atoms with E-state index in [0.717, 1.165) is 38.6 Å². The highest BCUT2D eigenvalue weighted by molar-refractivity contribution is 9.11. The Kier molecular flexibility index (Phi) is 5.72. The molecule has 6 heteroatoms. The van der Waals surface area contributed by atoms with Gasteiger partial charge in [-0.25, -0.2) is 0 Å². The Hall–Kier alpha value is -0.980. The van der Waals surface area contributed by atoms with Gasteiger partial charge in [0.25, 0.3) is 0 Å². The molecule has 1 aromatic carbocycles. The molecule has 2 N–H and O–H groups in total. The molecule has 0 radical (unpaired) electrons. The van der Waals surface area contributed by atoms with Gasteiger partial charge < -0.3 is 10.5 Å². The van der Waals surface area contributed by atoms with Gasteiger partial charge in [-0.3, -0.25) is 0 Å². The lowest BCUT2D eigenvalue weighted by atomic mass is 10.0. The summed E-state index contributed by atoms with van der Waals surface area (Å²) < 4.78 is 7.73. The summed E-state index contributed by atoms with van der Waals surface area (Å²) in [5, 5.41) is 8.47. The molecule has 2 rings (SSSR count). The summed E-state index contributed by atoms with van der Waals surface area (Å²) in [5.41, 5.74) is 8.95. The number of benzene rings is 1. The summed E-state index contributed by atoms with van der Waals surface area (Å²) in [5.74, 6) is 1.17. The van der Waals surface area contributed by atoms with Crippen LogP contribution in [0, 0.1) is 0 Å². The number of aromatic nitrogens is 2. The van der Waals surface area contributed by atoms with Crippen molar-refractivity contribution in [3.63, 3.8) is 0 Å². The average molecular weight is 415 g/mol. The smallest absolute Gasteiger partial charge is 0.243 e. The first-order valence-corrected chi connectivity index (χ1v) is 8.39. The van der Waals surface area contributed by atoms with Gasteiger partial charge in [0.2, 0.25) is 5.88 Å². The van der Waals surface area contributed by atoms with Gasteiger partial charge in [0, 0.05) is 16.6 Å². The molecule has 0 spiro atoms. The van der Waals surface area contributed by atoms with Crippen molar-refractivity contribution in [1.29, 1.82) is 0 Å². The highest BCUT2D eigenvalue weighted by atomic mass is 79.9. The van der Waals surface area contributed by atoms with Crippen LogP contribution >= 0.6 is 31.9 Å². The molecule has 112 valence electrons. The maximum absolute atomic E-state index is 5.91. The molecular formula is C15H17Br2N3O. The SMILES string of the molecule is CCc1nnc(Oc2ccc(Br)cc2Br)c(CN)c1CC. The molecule has 0 bridgehead atoms. The van der Waals surface area contributed by atoms with Crippen molar-refractivity contribution in [2.45, 2.75) is 33.2 Å². The second-order valence-corrected chi connectivity index (χ2v) is 6.27. The minimum Gasteiger partial charge on any atom is -0.436 e. The second kappa shape index (κ2) is 7.33. The first-order valence-electron chi connectivity index (χ1n) is 6.80. The van der Waals surface area contributed by atoms with Gasteiger partial charge in [0.1, 0.15) is 5.75 Å². The van der Waals surface area contributed by atoms with E-state index < -0.39 is 0 Å². The lowest BCUT2D eigenvalue weighted by molar-refractivity contribution is 0.442. The fourth-order valence-electron chi connectivity index (χ4n) is 2.19. The average Bonchev–Trinajstić information content (AvgIpc) is 2.49. The van der Waals surface area contributed by atoms with Gasteiger partial charge in [0.15, 0.2) is 0 Å². The van der Waals surface area contributed by atoms with Gasteiger partial charge in [-0.2, -0.15) is 5.10 Å². The number of halogens is 2. The largest absolute Gasteiger partial charge is 0.436 e. The molecule has 0 amide bonds. The van der Waals surface area contributed by atoms with Crippen LogP contribution in [0.1, 0.15) is 30.7 Å². The van der Waals surface area contributed by atoms with E-state index >= 15 is 0 Å². The number of hydrogen-bond donors (Lipinski definition) is 1. The van der Waals surface area contributed by atoms with E-state index in [2.05, 4.69) is 55.9 Å². The summed E-state index contributed by atoms with van der Waals surface area (Å²) in [7, 11) is 0. The number of ether oxygens (including phenoxy) is 1. The van der Waals surface area contributed by atoms with Gasteiger partial charge in [-0.05, 0) is 52.5 Å². The minimum absolute atomic E-state index is 0.384. The molecule has 0 aliphatic carbocycles. The summed E-state index contributed by atoms with van der Waals surface area (Å²) in [6.45, 7) is 4.54.